The number of anilines is 1. The van der Waals surface area contributed by atoms with E-state index < -0.39 is 5.82 Å². The molecule has 0 radical (unpaired) electrons. The summed E-state index contributed by atoms with van der Waals surface area (Å²) in [4.78, 5) is 2.30. The fourth-order valence-electron chi connectivity index (χ4n) is 2.36. The lowest BCUT2D eigenvalue weighted by atomic mass is 10.1. The number of likely N-dealkylation sites (tertiary alicyclic amines) is 1. The number of nitrogens with one attached hydrogen (secondary N) is 1. The van der Waals surface area contributed by atoms with E-state index in [1.807, 2.05) is 6.07 Å². The average molecular weight is 247 g/mol. The summed E-state index contributed by atoms with van der Waals surface area (Å²) in [5.74, 6) is -0.451. The van der Waals surface area contributed by atoms with E-state index >= 15 is 0 Å². The Kier molecular flexibility index (Phi) is 4.16. The molecule has 0 saturated carbocycles. The Bertz CT molecular complexity index is 453. The molecule has 1 aromatic rings. The van der Waals surface area contributed by atoms with Gasteiger partial charge >= 0.3 is 0 Å². The van der Waals surface area contributed by atoms with Gasteiger partial charge in [-0.05, 0) is 51.5 Å². The second kappa shape index (κ2) is 5.83. The van der Waals surface area contributed by atoms with Crippen LogP contribution in [0.25, 0.3) is 0 Å². The van der Waals surface area contributed by atoms with Crippen molar-refractivity contribution >= 4 is 5.69 Å². The lowest BCUT2D eigenvalue weighted by Crippen LogP contribution is -2.23. The number of hydrogen-bond donors (Lipinski definition) is 1. The molecule has 2 rings (SSSR count). The molecule has 0 aliphatic carbocycles. The number of rotatable bonds is 2. The first-order valence-electron chi connectivity index (χ1n) is 6.34. The third-order valence-corrected chi connectivity index (χ3v) is 3.44. The summed E-state index contributed by atoms with van der Waals surface area (Å²) in [5.41, 5.74) is 0.738. The van der Waals surface area contributed by atoms with Crippen molar-refractivity contribution in [3.8, 4) is 6.07 Å². The molecule has 18 heavy (non-hydrogen) atoms. The molecule has 1 N–H and O–H groups in total. The highest BCUT2D eigenvalue weighted by atomic mass is 19.1. The summed E-state index contributed by atoms with van der Waals surface area (Å²) in [7, 11) is 2.12. The van der Waals surface area contributed by atoms with Crippen LogP contribution in [0.1, 0.15) is 24.8 Å². The van der Waals surface area contributed by atoms with Crippen LogP contribution in [0.2, 0.25) is 0 Å². The van der Waals surface area contributed by atoms with Gasteiger partial charge in [0.2, 0.25) is 0 Å². The maximum atomic E-state index is 13.5. The fraction of sp³-hybridized carbons (Fsp3) is 0.500. The molecule has 4 heteroatoms. The topological polar surface area (TPSA) is 39.1 Å². The molecule has 1 unspecified atom stereocenters. The molecule has 0 amide bonds. The third kappa shape index (κ3) is 2.99. The van der Waals surface area contributed by atoms with Crippen LogP contribution in [-0.4, -0.2) is 31.1 Å². The minimum Gasteiger partial charge on any atom is -0.381 e. The standard InChI is InChI=1S/C14H18FN3/c1-18-8-3-4-11(7-9-18)17-14-6-2-5-13(15)12(14)10-16/h2,5-6,11,17H,3-4,7-9H2,1H3. The molecule has 1 heterocycles. The maximum absolute atomic E-state index is 13.5. The van der Waals surface area contributed by atoms with Gasteiger partial charge in [-0.15, -0.1) is 0 Å². The van der Waals surface area contributed by atoms with Crippen LogP contribution >= 0.6 is 0 Å². The van der Waals surface area contributed by atoms with Crippen molar-refractivity contribution < 1.29 is 4.39 Å². The number of nitriles is 1. The smallest absolute Gasteiger partial charge is 0.143 e. The molecular formula is C14H18FN3. The molecule has 0 spiro atoms. The Hall–Kier alpha value is -1.60. The van der Waals surface area contributed by atoms with E-state index in [2.05, 4.69) is 17.3 Å². The normalized spacial score (nSPS) is 21.1. The molecular weight excluding hydrogens is 229 g/mol. The molecule has 1 aromatic carbocycles. The number of halogens is 1. The zero-order valence-corrected chi connectivity index (χ0v) is 10.6. The number of hydrogen-bond acceptors (Lipinski definition) is 3. The van der Waals surface area contributed by atoms with E-state index in [1.165, 1.54) is 6.07 Å². The first-order valence-corrected chi connectivity index (χ1v) is 6.34. The Balaban J connectivity index is 2.09. The summed E-state index contributed by atoms with van der Waals surface area (Å²) in [6, 6.07) is 6.99. The minimum atomic E-state index is -0.451. The summed E-state index contributed by atoms with van der Waals surface area (Å²) < 4.78 is 13.5. The van der Waals surface area contributed by atoms with Gasteiger partial charge in [0, 0.05) is 6.04 Å². The van der Waals surface area contributed by atoms with Crippen molar-refractivity contribution in [2.24, 2.45) is 0 Å². The molecule has 0 bridgehead atoms. The van der Waals surface area contributed by atoms with Crippen molar-refractivity contribution in [2.45, 2.75) is 25.3 Å². The van der Waals surface area contributed by atoms with E-state index in [4.69, 9.17) is 5.26 Å². The van der Waals surface area contributed by atoms with Gasteiger partial charge in [0.25, 0.3) is 0 Å². The minimum absolute atomic E-state index is 0.120. The predicted octanol–water partition coefficient (Wildman–Crippen LogP) is 2.59. The Morgan fingerprint density at radius 3 is 3.00 bits per heavy atom. The summed E-state index contributed by atoms with van der Waals surface area (Å²) in [5, 5.41) is 12.3. The van der Waals surface area contributed by atoms with Crippen molar-refractivity contribution in [3.05, 3.63) is 29.6 Å². The van der Waals surface area contributed by atoms with Crippen LogP contribution in [0.5, 0.6) is 0 Å². The highest BCUT2D eigenvalue weighted by molar-refractivity contribution is 5.58. The average Bonchev–Trinajstić information content (AvgIpc) is 2.55. The van der Waals surface area contributed by atoms with Crippen LogP contribution in [-0.2, 0) is 0 Å². The van der Waals surface area contributed by atoms with Crippen molar-refractivity contribution in [1.82, 2.24) is 4.90 Å². The van der Waals surface area contributed by atoms with E-state index in [-0.39, 0.29) is 5.56 Å². The SMILES string of the molecule is CN1CCCC(Nc2cccc(F)c2C#N)CC1. The van der Waals surface area contributed by atoms with Gasteiger partial charge < -0.3 is 10.2 Å². The quantitative estimate of drug-likeness (QED) is 0.873. The Morgan fingerprint density at radius 2 is 2.22 bits per heavy atom. The van der Waals surface area contributed by atoms with E-state index in [1.54, 1.807) is 12.1 Å². The predicted molar refractivity (Wildman–Crippen MR) is 69.9 cm³/mol. The second-order valence-corrected chi connectivity index (χ2v) is 4.85. The molecule has 1 saturated heterocycles. The lowest BCUT2D eigenvalue weighted by molar-refractivity contribution is 0.348. The van der Waals surface area contributed by atoms with Crippen LogP contribution in [0.15, 0.2) is 18.2 Å². The zero-order valence-electron chi connectivity index (χ0n) is 10.6. The van der Waals surface area contributed by atoms with Gasteiger partial charge in [0.15, 0.2) is 0 Å². The highest BCUT2D eigenvalue weighted by Crippen LogP contribution is 2.21. The summed E-state index contributed by atoms with van der Waals surface area (Å²) in [6.07, 6.45) is 3.22. The molecule has 1 aliphatic heterocycles. The zero-order chi connectivity index (χ0) is 13.0. The summed E-state index contributed by atoms with van der Waals surface area (Å²) >= 11 is 0. The van der Waals surface area contributed by atoms with Crippen LogP contribution < -0.4 is 5.32 Å². The molecule has 3 nitrogen and oxygen atoms in total. The van der Waals surface area contributed by atoms with Gasteiger partial charge in [-0.25, -0.2) is 4.39 Å². The number of nitrogens with zero attached hydrogens (tertiary/aromatic N) is 2. The second-order valence-electron chi connectivity index (χ2n) is 4.85. The maximum Gasteiger partial charge on any atom is 0.143 e. The van der Waals surface area contributed by atoms with Gasteiger partial charge in [-0.1, -0.05) is 6.07 Å². The van der Waals surface area contributed by atoms with Crippen LogP contribution in [0.4, 0.5) is 10.1 Å². The van der Waals surface area contributed by atoms with Gasteiger partial charge in [0.1, 0.15) is 17.4 Å². The lowest BCUT2D eigenvalue weighted by Gasteiger charge is -2.19. The van der Waals surface area contributed by atoms with Crippen LogP contribution in [0.3, 0.4) is 0 Å². The molecule has 0 aromatic heterocycles. The van der Waals surface area contributed by atoms with E-state index in [0.29, 0.717) is 11.7 Å². The first-order chi connectivity index (χ1) is 8.70. The third-order valence-electron chi connectivity index (χ3n) is 3.44. The van der Waals surface area contributed by atoms with Crippen LogP contribution in [0, 0.1) is 17.1 Å². The van der Waals surface area contributed by atoms with Gasteiger partial charge in [0.05, 0.1) is 5.69 Å². The Morgan fingerprint density at radius 1 is 1.39 bits per heavy atom. The Labute approximate surface area is 107 Å². The molecule has 1 atom stereocenters. The van der Waals surface area contributed by atoms with Crippen molar-refractivity contribution in [1.29, 1.82) is 5.26 Å². The van der Waals surface area contributed by atoms with E-state index in [9.17, 15) is 4.39 Å². The first kappa shape index (κ1) is 12.8. The number of benzene rings is 1. The van der Waals surface area contributed by atoms with Crippen molar-refractivity contribution in [3.63, 3.8) is 0 Å². The molecule has 96 valence electrons. The molecule has 1 aliphatic rings. The highest BCUT2D eigenvalue weighted by Gasteiger charge is 2.16. The fourth-order valence-corrected chi connectivity index (χ4v) is 2.36. The van der Waals surface area contributed by atoms with Gasteiger partial charge in [-0.3, -0.25) is 0 Å². The summed E-state index contributed by atoms with van der Waals surface area (Å²) in [6.45, 7) is 2.14. The molecule has 1 fully saturated rings. The van der Waals surface area contributed by atoms with Gasteiger partial charge in [-0.2, -0.15) is 5.26 Å². The largest absolute Gasteiger partial charge is 0.381 e. The van der Waals surface area contributed by atoms with Crippen molar-refractivity contribution in [2.75, 3.05) is 25.5 Å². The monoisotopic (exact) mass is 247 g/mol. The van der Waals surface area contributed by atoms with E-state index in [0.717, 1.165) is 32.4 Å².